The van der Waals surface area contributed by atoms with Gasteiger partial charge in [0.15, 0.2) is 0 Å². The van der Waals surface area contributed by atoms with Crippen molar-refractivity contribution in [2.24, 2.45) is 0 Å². The first-order chi connectivity index (χ1) is 34.9. The Hall–Kier alpha value is -3.60. The van der Waals surface area contributed by atoms with Crippen molar-refractivity contribution < 1.29 is 30.6 Å². The highest BCUT2D eigenvalue weighted by molar-refractivity contribution is 5.25. The van der Waals surface area contributed by atoms with Crippen LogP contribution in [0.2, 0.25) is 0 Å². The van der Waals surface area contributed by atoms with Gasteiger partial charge in [-0.1, -0.05) is 135 Å². The number of nitrogens with one attached hydrogen (secondary N) is 6. The van der Waals surface area contributed by atoms with Gasteiger partial charge in [0, 0.05) is 36.3 Å². The maximum atomic E-state index is 10.4. The zero-order chi connectivity index (χ0) is 51.6. The molecule has 72 heavy (non-hydrogen) atoms. The largest absolute Gasteiger partial charge is 0.392 e. The number of benzene rings is 4. The first-order valence-corrected chi connectivity index (χ1v) is 27.6. The first-order valence-electron chi connectivity index (χ1n) is 27.6. The van der Waals surface area contributed by atoms with Gasteiger partial charge >= 0.3 is 0 Å². The normalized spacial score (nSPS) is 26.6. The molecule has 0 amide bonds. The van der Waals surface area contributed by atoms with Gasteiger partial charge in [-0.3, -0.25) is 0 Å². The van der Waals surface area contributed by atoms with Crippen LogP contribution in [0.1, 0.15) is 152 Å². The van der Waals surface area contributed by atoms with Crippen LogP contribution in [0.5, 0.6) is 0 Å². The summed E-state index contributed by atoms with van der Waals surface area (Å²) < 4.78 is 0. The Labute approximate surface area is 433 Å². The van der Waals surface area contributed by atoms with E-state index in [2.05, 4.69) is 31.9 Å². The zero-order valence-corrected chi connectivity index (χ0v) is 44.1. The molecule has 6 fully saturated rings. The summed E-state index contributed by atoms with van der Waals surface area (Å²) in [5, 5.41) is 79.2. The second-order valence-corrected chi connectivity index (χ2v) is 20.8. The molecule has 0 aromatic heterocycles. The van der Waals surface area contributed by atoms with E-state index in [1.165, 1.54) is 25.7 Å². The molecule has 0 bridgehead atoms. The predicted molar refractivity (Wildman–Crippen MR) is 294 cm³/mol. The lowest BCUT2D eigenvalue weighted by atomic mass is 9.87. The van der Waals surface area contributed by atoms with Crippen LogP contribution in [0.15, 0.2) is 121 Å². The maximum Gasteiger partial charge on any atom is 0.102 e. The monoisotopic (exact) mass is 995 g/mol. The van der Waals surface area contributed by atoms with E-state index in [0.717, 1.165) is 126 Å². The van der Waals surface area contributed by atoms with Gasteiger partial charge in [-0.25, -0.2) is 0 Å². The second kappa shape index (κ2) is 32.0. The fourth-order valence-corrected chi connectivity index (χ4v) is 10.7. The third kappa shape index (κ3) is 19.0. The molecule has 6 saturated heterocycles. The van der Waals surface area contributed by atoms with Crippen molar-refractivity contribution in [1.82, 2.24) is 31.9 Å². The Morgan fingerprint density at radius 2 is 0.653 bits per heavy atom. The van der Waals surface area contributed by atoms with Gasteiger partial charge in [0.1, 0.15) is 11.2 Å². The lowest BCUT2D eigenvalue weighted by molar-refractivity contribution is 0.0215. The van der Waals surface area contributed by atoms with E-state index in [1.54, 1.807) is 0 Å². The zero-order valence-electron chi connectivity index (χ0n) is 44.1. The predicted octanol–water partition coefficient (Wildman–Crippen LogP) is 7.25. The summed E-state index contributed by atoms with van der Waals surface area (Å²) in [6.07, 6.45) is 14.5. The molecular formula is C60H94N6O6. The molecule has 4 aromatic carbocycles. The molecule has 6 aliphatic rings. The Morgan fingerprint density at radius 1 is 0.389 bits per heavy atom. The van der Waals surface area contributed by atoms with Crippen molar-refractivity contribution in [2.45, 2.75) is 189 Å². The number of hydrogen-bond acceptors (Lipinski definition) is 12. The molecule has 0 spiro atoms. The Morgan fingerprint density at radius 3 is 0.903 bits per heavy atom. The minimum Gasteiger partial charge on any atom is -0.392 e. The highest BCUT2D eigenvalue weighted by Crippen LogP contribution is 2.30. The van der Waals surface area contributed by atoms with E-state index in [-0.39, 0.29) is 48.6 Å². The molecular weight excluding hydrogens is 901 g/mol. The summed E-state index contributed by atoms with van der Waals surface area (Å²) in [7, 11) is 0. The van der Waals surface area contributed by atoms with E-state index in [1.807, 2.05) is 149 Å². The van der Waals surface area contributed by atoms with Crippen molar-refractivity contribution in [3.8, 4) is 0 Å². The average Bonchev–Trinajstić information content (AvgIpc) is 4.29. The number of rotatable bonds is 12. The molecule has 12 atom stereocenters. The van der Waals surface area contributed by atoms with E-state index in [9.17, 15) is 30.6 Å². The van der Waals surface area contributed by atoms with Crippen LogP contribution in [0.25, 0.3) is 0 Å². The molecule has 6 heterocycles. The van der Waals surface area contributed by atoms with Gasteiger partial charge < -0.3 is 62.5 Å². The van der Waals surface area contributed by atoms with Crippen LogP contribution < -0.4 is 31.9 Å². The summed E-state index contributed by atoms with van der Waals surface area (Å²) >= 11 is 0. The van der Waals surface area contributed by atoms with Crippen molar-refractivity contribution in [1.29, 1.82) is 0 Å². The minimum absolute atomic E-state index is 0.118. The van der Waals surface area contributed by atoms with Gasteiger partial charge in [-0.15, -0.1) is 0 Å². The molecule has 10 rings (SSSR count). The van der Waals surface area contributed by atoms with Gasteiger partial charge in [-0.2, -0.15) is 0 Å². The first kappa shape index (κ1) is 59.3. The van der Waals surface area contributed by atoms with Crippen molar-refractivity contribution in [3.63, 3.8) is 0 Å². The van der Waals surface area contributed by atoms with Crippen LogP contribution in [0.4, 0.5) is 0 Å². The van der Waals surface area contributed by atoms with Crippen molar-refractivity contribution in [2.75, 3.05) is 39.3 Å². The standard InChI is InChI=1S/2C12H17NO.2C11H15NO.2C7H15NO/c2*1-12(14,11-8-5-9-13-11)10-6-3-2-4-7-10;2*13-11(10-7-4-8-12-10)9-5-2-1-3-6-9;2*1-2-7(9)6-4-3-5-8-6/h2*2-4,6-7,11,13-14H,5,8-9H2,1H3;2*1-3,5-6,10-13H,4,7-8H2;2*6-9H,2-5H2,1H3/t2*11-,12+;2*10-,11+;2*6-,7+/m101010/s1. The van der Waals surface area contributed by atoms with E-state index in [4.69, 9.17) is 0 Å². The molecule has 0 unspecified atom stereocenters. The molecule has 0 aliphatic carbocycles. The van der Waals surface area contributed by atoms with Crippen molar-refractivity contribution in [3.05, 3.63) is 144 Å². The number of hydrogen-bond donors (Lipinski definition) is 12. The molecule has 0 saturated carbocycles. The summed E-state index contributed by atoms with van der Waals surface area (Å²) in [6.45, 7) is 14.1. The van der Waals surface area contributed by atoms with E-state index >= 15 is 0 Å². The summed E-state index contributed by atoms with van der Waals surface area (Å²) in [6, 6.07) is 41.2. The molecule has 6 aliphatic heterocycles. The summed E-state index contributed by atoms with van der Waals surface area (Å²) in [5.74, 6) is 0. The molecule has 0 radical (unpaired) electrons. The van der Waals surface area contributed by atoms with Crippen LogP contribution in [-0.2, 0) is 11.2 Å². The highest BCUT2D eigenvalue weighted by atomic mass is 16.3. The molecule has 12 nitrogen and oxygen atoms in total. The maximum absolute atomic E-state index is 10.4. The van der Waals surface area contributed by atoms with Crippen LogP contribution in [-0.4, -0.2) is 118 Å². The third-order valence-corrected chi connectivity index (χ3v) is 15.4. The van der Waals surface area contributed by atoms with Gasteiger partial charge in [0.25, 0.3) is 0 Å². The SMILES string of the molecule is CC[C@@H](O)[C@@H]1CCCN1.CC[C@H](O)[C@H]1CCCN1.C[C@@](O)(c1ccccc1)[C@@H]1CCCN1.C[C@](O)(c1ccccc1)[C@H]1CCCN1.O[C@@H](c1ccccc1)[C@H]1CCCN1.O[C@H](c1ccccc1)[C@@H]1CCCN1. The molecule has 400 valence electrons. The van der Waals surface area contributed by atoms with Gasteiger partial charge in [0.05, 0.1) is 24.4 Å². The summed E-state index contributed by atoms with van der Waals surface area (Å²) in [5.41, 5.74) is 2.55. The average molecular weight is 995 g/mol. The van der Waals surface area contributed by atoms with Crippen molar-refractivity contribution >= 4 is 0 Å². The number of aliphatic hydroxyl groups excluding tert-OH is 4. The lowest BCUT2D eigenvalue weighted by Gasteiger charge is -2.30. The minimum atomic E-state index is -0.738. The second-order valence-electron chi connectivity index (χ2n) is 20.8. The fourth-order valence-electron chi connectivity index (χ4n) is 10.7. The molecule has 12 heteroatoms. The third-order valence-electron chi connectivity index (χ3n) is 15.4. The van der Waals surface area contributed by atoms with Crippen LogP contribution >= 0.6 is 0 Å². The topological polar surface area (TPSA) is 194 Å². The van der Waals surface area contributed by atoms with Gasteiger partial charge in [-0.05, 0) is 165 Å². The smallest absolute Gasteiger partial charge is 0.102 e. The summed E-state index contributed by atoms with van der Waals surface area (Å²) in [4.78, 5) is 0. The molecule has 4 aromatic rings. The lowest BCUT2D eigenvalue weighted by Crippen LogP contribution is -2.42. The fraction of sp³-hybridized carbons (Fsp3) is 0.600. The Kier molecular flexibility index (Phi) is 26.3. The quantitative estimate of drug-likeness (QED) is 0.0682. The Bertz CT molecular complexity index is 1810. The Balaban J connectivity index is 0.000000162. The number of aliphatic hydroxyl groups is 6. The highest BCUT2D eigenvalue weighted by Gasteiger charge is 2.36. The van der Waals surface area contributed by atoms with E-state index in [0.29, 0.717) is 12.1 Å². The molecule has 12 N–H and O–H groups in total. The van der Waals surface area contributed by atoms with E-state index < -0.39 is 11.2 Å². The van der Waals surface area contributed by atoms with Gasteiger partial charge in [0.2, 0.25) is 0 Å². The van der Waals surface area contributed by atoms with Crippen LogP contribution in [0, 0.1) is 0 Å². The van der Waals surface area contributed by atoms with Crippen LogP contribution in [0.3, 0.4) is 0 Å².